The molecule has 9 nitrogen and oxygen atoms in total. The fourth-order valence-electron chi connectivity index (χ4n) is 4.18. The van der Waals surface area contributed by atoms with Gasteiger partial charge in [-0.25, -0.2) is 0 Å². The van der Waals surface area contributed by atoms with Crippen molar-refractivity contribution >= 4 is 21.1 Å². The second kappa shape index (κ2) is 17.4. The topological polar surface area (TPSA) is 145 Å². The van der Waals surface area contributed by atoms with Gasteiger partial charge in [0.1, 0.15) is 0 Å². The minimum absolute atomic E-state index is 0.0949. The van der Waals surface area contributed by atoms with Gasteiger partial charge in [-0.15, -0.1) is 0 Å². The Balaban J connectivity index is 2.99. The summed E-state index contributed by atoms with van der Waals surface area (Å²) in [6, 6.07) is 5.18. The van der Waals surface area contributed by atoms with Crippen molar-refractivity contribution in [2.24, 2.45) is 29.4 Å². The number of hydrogen-bond donors (Lipinski definition) is 3. The molecule has 38 heavy (non-hydrogen) atoms. The maximum Gasteiger partial charge on any atom is 0.306 e. The molecule has 0 aliphatic heterocycles. The molecule has 0 bridgehead atoms. The average Bonchev–Trinajstić information content (AvgIpc) is 2.84. The molecule has 218 valence electrons. The van der Waals surface area contributed by atoms with Gasteiger partial charge < -0.3 is 30.2 Å². The molecule has 0 aliphatic carbocycles. The third-order valence-electron chi connectivity index (χ3n) is 6.88. The van der Waals surface area contributed by atoms with Gasteiger partial charge in [-0.1, -0.05) is 33.8 Å². The Morgan fingerprint density at radius 3 is 2.21 bits per heavy atom. The van der Waals surface area contributed by atoms with E-state index in [0.29, 0.717) is 48.8 Å². The highest BCUT2D eigenvalue weighted by Gasteiger charge is 2.29. The van der Waals surface area contributed by atoms with Gasteiger partial charge in [0.05, 0.1) is 25.2 Å². The maximum absolute atomic E-state index is 11.6. The van der Waals surface area contributed by atoms with Gasteiger partial charge in [0.15, 0.2) is 11.5 Å². The molecule has 0 fully saturated rings. The zero-order valence-electron chi connectivity index (χ0n) is 23.7. The number of carboxylic acids is 1. The van der Waals surface area contributed by atoms with Crippen molar-refractivity contribution < 1.29 is 37.6 Å². The van der Waals surface area contributed by atoms with Gasteiger partial charge in [-0.3, -0.25) is 4.79 Å². The summed E-state index contributed by atoms with van der Waals surface area (Å²) in [5.41, 5.74) is 7.38. The molecule has 0 saturated carbocycles. The predicted octanol–water partition coefficient (Wildman–Crippen LogP) is 3.58. The van der Waals surface area contributed by atoms with E-state index in [1.54, 1.807) is 14.0 Å². The molecule has 1 rings (SSSR count). The van der Waals surface area contributed by atoms with Crippen molar-refractivity contribution in [2.75, 3.05) is 26.9 Å². The van der Waals surface area contributed by atoms with Crippen LogP contribution in [-0.2, 0) is 26.2 Å². The Morgan fingerprint density at radius 1 is 1.00 bits per heavy atom. The largest absolute Gasteiger partial charge is 0.490 e. The van der Waals surface area contributed by atoms with E-state index >= 15 is 0 Å². The SMILES string of the molecule is COCCCOc1cc(C[C@@H](C[C@H](N)[C@@H](O)C[C@H](C(=O)O)C(C)C)C(C)C)ccc1OCCC(C)=S(=O)=O. The molecular weight excluding hydrogens is 510 g/mol. The molecule has 0 radical (unpaired) electrons. The molecule has 4 N–H and O–H groups in total. The molecule has 10 heteroatoms. The first-order valence-electron chi connectivity index (χ1n) is 13.3. The Hall–Kier alpha value is -2.14. The number of carboxylic acid groups (broad SMARTS) is 1. The lowest BCUT2D eigenvalue weighted by atomic mass is 9.81. The van der Waals surface area contributed by atoms with Crippen molar-refractivity contribution in [1.29, 1.82) is 0 Å². The van der Waals surface area contributed by atoms with Crippen LogP contribution in [-0.4, -0.2) is 68.5 Å². The smallest absolute Gasteiger partial charge is 0.306 e. The van der Waals surface area contributed by atoms with Crippen molar-refractivity contribution in [3.63, 3.8) is 0 Å². The summed E-state index contributed by atoms with van der Waals surface area (Å²) in [7, 11) is -0.597. The maximum atomic E-state index is 11.6. The fourth-order valence-corrected chi connectivity index (χ4v) is 4.43. The third kappa shape index (κ3) is 12.1. The Morgan fingerprint density at radius 2 is 1.66 bits per heavy atom. The Bertz CT molecular complexity index is 985. The van der Waals surface area contributed by atoms with Crippen LogP contribution in [0.25, 0.3) is 0 Å². The van der Waals surface area contributed by atoms with E-state index in [4.69, 9.17) is 19.9 Å². The normalized spacial score (nSPS) is 14.7. The molecule has 0 heterocycles. The van der Waals surface area contributed by atoms with Gasteiger partial charge >= 0.3 is 5.97 Å². The summed E-state index contributed by atoms with van der Waals surface area (Å²) >= 11 is 0. The molecule has 1 aromatic carbocycles. The van der Waals surface area contributed by atoms with Crippen molar-refractivity contribution in [1.82, 2.24) is 0 Å². The van der Waals surface area contributed by atoms with Gasteiger partial charge in [0.2, 0.25) is 10.3 Å². The standard InChI is InChI=1S/C28H47NO8S/c1-18(2)22(16-24(29)25(30)17-23(19(3)4)28(31)32)14-21-8-9-26(37-13-10-20(5)38(33)34)27(15-21)36-12-7-11-35-6/h8-9,15,18-19,22-25,30H,7,10-14,16-17,29H2,1-6H3,(H,31,32)/t22-,23-,24-,25-/m0/s1. The van der Waals surface area contributed by atoms with E-state index in [9.17, 15) is 23.4 Å². The highest BCUT2D eigenvalue weighted by molar-refractivity contribution is 7.72. The number of aliphatic hydroxyl groups is 1. The lowest BCUT2D eigenvalue weighted by Crippen LogP contribution is -2.40. The van der Waals surface area contributed by atoms with E-state index in [0.717, 1.165) is 5.56 Å². The number of rotatable bonds is 19. The first-order valence-corrected chi connectivity index (χ1v) is 14.4. The number of methoxy groups -OCH3 is 1. The second-order valence-electron chi connectivity index (χ2n) is 10.6. The van der Waals surface area contributed by atoms with E-state index in [2.05, 4.69) is 13.8 Å². The van der Waals surface area contributed by atoms with Gasteiger partial charge in [0, 0.05) is 37.5 Å². The minimum Gasteiger partial charge on any atom is -0.490 e. The van der Waals surface area contributed by atoms with Crippen LogP contribution in [0.4, 0.5) is 0 Å². The monoisotopic (exact) mass is 557 g/mol. The van der Waals surface area contributed by atoms with Gasteiger partial charge in [0.25, 0.3) is 0 Å². The molecule has 0 saturated heterocycles. The molecule has 1 aromatic rings. The lowest BCUT2D eigenvalue weighted by Gasteiger charge is -2.29. The van der Waals surface area contributed by atoms with Crippen LogP contribution in [0.3, 0.4) is 0 Å². The lowest BCUT2D eigenvalue weighted by molar-refractivity contribution is -0.144. The van der Waals surface area contributed by atoms with Crippen LogP contribution >= 0.6 is 0 Å². The summed E-state index contributed by atoms with van der Waals surface area (Å²) in [6.07, 6.45) is 1.46. The highest BCUT2D eigenvalue weighted by Crippen LogP contribution is 2.32. The summed E-state index contributed by atoms with van der Waals surface area (Å²) < 4.78 is 39.0. The van der Waals surface area contributed by atoms with E-state index < -0.39 is 34.3 Å². The summed E-state index contributed by atoms with van der Waals surface area (Å²) in [4.78, 5) is 11.9. The summed E-state index contributed by atoms with van der Waals surface area (Å²) in [6.45, 7) is 10.6. The molecule has 0 unspecified atom stereocenters. The van der Waals surface area contributed by atoms with Crippen LogP contribution in [0.5, 0.6) is 11.5 Å². The third-order valence-corrected chi connectivity index (χ3v) is 7.66. The zero-order chi connectivity index (χ0) is 28.8. The number of hydrogen-bond acceptors (Lipinski definition) is 8. The predicted molar refractivity (Wildman–Crippen MR) is 149 cm³/mol. The summed E-state index contributed by atoms with van der Waals surface area (Å²) in [5.74, 6) is -0.107. The van der Waals surface area contributed by atoms with Crippen molar-refractivity contribution in [3.05, 3.63) is 23.8 Å². The van der Waals surface area contributed by atoms with Crippen LogP contribution in [0, 0.1) is 23.7 Å². The molecule has 0 amide bonds. The first-order chi connectivity index (χ1) is 17.9. The molecule has 0 aliphatic rings. The zero-order valence-corrected chi connectivity index (χ0v) is 24.5. The second-order valence-corrected chi connectivity index (χ2v) is 11.8. The average molecular weight is 558 g/mol. The molecule has 0 spiro atoms. The Kier molecular flexibility index (Phi) is 15.6. The molecule has 0 aromatic heterocycles. The quantitative estimate of drug-likeness (QED) is 0.172. The molecular formula is C28H47NO8S. The first kappa shape index (κ1) is 33.9. The van der Waals surface area contributed by atoms with E-state index in [-0.39, 0.29) is 37.2 Å². The fraction of sp³-hybridized carbons (Fsp3) is 0.714. The number of carbonyl (C=O) groups is 1. The summed E-state index contributed by atoms with van der Waals surface area (Å²) in [5, 5.41) is 20.2. The van der Waals surface area contributed by atoms with Crippen LogP contribution in [0.2, 0.25) is 0 Å². The number of nitrogens with two attached hydrogens (primary N) is 1. The van der Waals surface area contributed by atoms with Crippen molar-refractivity contribution in [3.8, 4) is 11.5 Å². The van der Waals surface area contributed by atoms with Crippen molar-refractivity contribution in [2.45, 2.75) is 78.9 Å². The number of aliphatic hydroxyl groups excluding tert-OH is 1. The Labute approximate surface area is 229 Å². The van der Waals surface area contributed by atoms with Crippen LogP contribution < -0.4 is 15.2 Å². The number of ether oxygens (including phenoxy) is 3. The number of benzene rings is 1. The number of aliphatic carboxylic acids is 1. The van der Waals surface area contributed by atoms with Crippen LogP contribution in [0.15, 0.2) is 18.2 Å². The molecule has 4 atom stereocenters. The highest BCUT2D eigenvalue weighted by atomic mass is 32.2. The minimum atomic E-state index is -2.23. The van der Waals surface area contributed by atoms with E-state index in [1.807, 2.05) is 32.0 Å². The van der Waals surface area contributed by atoms with Gasteiger partial charge in [-0.2, -0.15) is 8.42 Å². The van der Waals surface area contributed by atoms with Crippen LogP contribution in [0.1, 0.15) is 65.9 Å². The van der Waals surface area contributed by atoms with E-state index in [1.165, 1.54) is 0 Å². The van der Waals surface area contributed by atoms with Gasteiger partial charge in [-0.05, 0) is 61.6 Å².